The van der Waals surface area contributed by atoms with E-state index in [-0.39, 0.29) is 17.7 Å². The Hall–Kier alpha value is -0.590. The minimum Gasteiger partial charge on any atom is -0.431 e. The number of hydrogen-bond donors (Lipinski definition) is 1. The van der Waals surface area contributed by atoms with E-state index in [1.54, 1.807) is 13.2 Å². The van der Waals surface area contributed by atoms with Crippen molar-refractivity contribution in [3.8, 4) is 5.75 Å². The molecule has 1 unspecified atom stereocenters. The summed E-state index contributed by atoms with van der Waals surface area (Å²) in [6.07, 6.45) is 0. The van der Waals surface area contributed by atoms with Crippen LogP contribution in [-0.4, -0.2) is 26.4 Å². The van der Waals surface area contributed by atoms with Crippen LogP contribution >= 0.6 is 27.5 Å². The maximum absolute atomic E-state index is 12.5. The number of alkyl halides is 2. The number of anilines is 1. The summed E-state index contributed by atoms with van der Waals surface area (Å²) in [6.45, 7) is 1.54. The molecule has 0 spiro atoms. The predicted molar refractivity (Wildman–Crippen MR) is 79.9 cm³/mol. The van der Waals surface area contributed by atoms with E-state index in [1.807, 2.05) is 13.8 Å². The Morgan fingerprint density at radius 3 is 2.50 bits per heavy atom. The zero-order valence-electron chi connectivity index (χ0n) is 11.4. The van der Waals surface area contributed by atoms with Gasteiger partial charge < -0.3 is 14.8 Å². The van der Waals surface area contributed by atoms with E-state index in [2.05, 4.69) is 26.0 Å². The summed E-state index contributed by atoms with van der Waals surface area (Å²) in [5.74, 6) is 0.276. The molecule has 0 aromatic heterocycles. The van der Waals surface area contributed by atoms with Gasteiger partial charge in [0.05, 0.1) is 22.8 Å². The van der Waals surface area contributed by atoms with Crippen molar-refractivity contribution in [1.82, 2.24) is 0 Å². The molecule has 1 N–H and O–H groups in total. The van der Waals surface area contributed by atoms with Crippen LogP contribution in [0.25, 0.3) is 0 Å². The number of rotatable bonds is 7. The summed E-state index contributed by atoms with van der Waals surface area (Å²) in [5, 5.41) is 3.55. The van der Waals surface area contributed by atoms with Crippen LogP contribution in [0.2, 0.25) is 5.02 Å². The van der Waals surface area contributed by atoms with Gasteiger partial charge in [0.25, 0.3) is 0 Å². The van der Waals surface area contributed by atoms with Gasteiger partial charge in [-0.05, 0) is 34.0 Å². The molecule has 0 fully saturated rings. The van der Waals surface area contributed by atoms with Gasteiger partial charge in [-0.15, -0.1) is 0 Å². The van der Waals surface area contributed by atoms with E-state index in [4.69, 9.17) is 16.3 Å². The van der Waals surface area contributed by atoms with Gasteiger partial charge >= 0.3 is 6.61 Å². The summed E-state index contributed by atoms with van der Waals surface area (Å²) in [7, 11) is 1.58. The molecule has 0 aliphatic carbocycles. The molecule has 0 amide bonds. The van der Waals surface area contributed by atoms with Gasteiger partial charge in [0, 0.05) is 12.1 Å². The van der Waals surface area contributed by atoms with Gasteiger partial charge in [-0.25, -0.2) is 0 Å². The van der Waals surface area contributed by atoms with Crippen molar-refractivity contribution in [2.45, 2.75) is 26.5 Å². The van der Waals surface area contributed by atoms with Gasteiger partial charge in [-0.3, -0.25) is 0 Å². The molecule has 1 atom stereocenters. The first-order valence-corrected chi connectivity index (χ1v) is 7.21. The molecule has 1 aromatic carbocycles. The zero-order valence-corrected chi connectivity index (χ0v) is 13.8. The second-order valence-electron chi connectivity index (χ2n) is 4.59. The topological polar surface area (TPSA) is 30.5 Å². The third-order valence-electron chi connectivity index (χ3n) is 2.71. The summed E-state index contributed by atoms with van der Waals surface area (Å²) in [5.41, 5.74) is 0.403. The van der Waals surface area contributed by atoms with Crippen LogP contribution in [0.5, 0.6) is 5.75 Å². The fraction of sp³-hybridized carbons (Fsp3) is 0.538. The maximum Gasteiger partial charge on any atom is 0.387 e. The average molecular weight is 373 g/mol. The molecule has 7 heteroatoms. The largest absolute Gasteiger partial charge is 0.431 e. The Morgan fingerprint density at radius 1 is 1.35 bits per heavy atom. The van der Waals surface area contributed by atoms with E-state index in [0.29, 0.717) is 21.8 Å². The van der Waals surface area contributed by atoms with Crippen LogP contribution in [0, 0.1) is 5.92 Å². The molecular formula is C13H17BrClF2NO2. The third-order valence-corrected chi connectivity index (χ3v) is 3.51. The minimum atomic E-state index is -2.91. The molecule has 0 heterocycles. The number of halogens is 4. The Morgan fingerprint density at radius 2 is 2.00 bits per heavy atom. The summed E-state index contributed by atoms with van der Waals surface area (Å²) in [6, 6.07) is 3.01. The highest BCUT2D eigenvalue weighted by atomic mass is 79.9. The molecule has 114 valence electrons. The molecular weight excluding hydrogens is 356 g/mol. The number of ether oxygens (including phenoxy) is 2. The van der Waals surface area contributed by atoms with Gasteiger partial charge in [-0.2, -0.15) is 8.78 Å². The van der Waals surface area contributed by atoms with Crippen LogP contribution in [0.3, 0.4) is 0 Å². The van der Waals surface area contributed by atoms with Crippen LogP contribution in [0.1, 0.15) is 13.8 Å². The first-order chi connectivity index (χ1) is 9.35. The quantitative estimate of drug-likeness (QED) is 0.746. The first kappa shape index (κ1) is 17.5. The lowest BCUT2D eigenvalue weighted by molar-refractivity contribution is -0.0499. The smallest absolute Gasteiger partial charge is 0.387 e. The molecule has 0 saturated heterocycles. The van der Waals surface area contributed by atoms with Crippen molar-refractivity contribution in [1.29, 1.82) is 0 Å². The highest BCUT2D eigenvalue weighted by molar-refractivity contribution is 9.10. The van der Waals surface area contributed by atoms with Crippen molar-refractivity contribution in [2.75, 3.05) is 19.0 Å². The van der Waals surface area contributed by atoms with Crippen LogP contribution in [-0.2, 0) is 4.74 Å². The van der Waals surface area contributed by atoms with Gasteiger partial charge in [-0.1, -0.05) is 25.4 Å². The summed E-state index contributed by atoms with van der Waals surface area (Å²) >= 11 is 9.13. The molecule has 0 aliphatic heterocycles. The van der Waals surface area contributed by atoms with E-state index >= 15 is 0 Å². The van der Waals surface area contributed by atoms with Crippen LogP contribution in [0.15, 0.2) is 16.6 Å². The number of nitrogens with one attached hydrogen (secondary N) is 1. The monoisotopic (exact) mass is 371 g/mol. The van der Waals surface area contributed by atoms with E-state index < -0.39 is 6.61 Å². The first-order valence-electron chi connectivity index (χ1n) is 6.04. The molecule has 20 heavy (non-hydrogen) atoms. The summed E-state index contributed by atoms with van der Waals surface area (Å²) in [4.78, 5) is 0. The van der Waals surface area contributed by atoms with E-state index in [1.165, 1.54) is 6.07 Å². The third kappa shape index (κ3) is 5.07. The SMILES string of the molecule is COCC(Nc1cc(Cl)cc(Br)c1OC(F)F)C(C)C. The standard InChI is InChI=1S/C13H17BrClF2NO2/c1-7(2)11(6-19-3)18-10-5-8(15)4-9(14)12(10)20-13(16)17/h4-5,7,11,13,18H,6H2,1-3H3. The Balaban J connectivity index is 3.07. The maximum atomic E-state index is 12.5. The minimum absolute atomic E-state index is 0.0335. The molecule has 1 rings (SSSR count). The van der Waals surface area contributed by atoms with Gasteiger partial charge in [0.1, 0.15) is 0 Å². The molecule has 0 saturated carbocycles. The van der Waals surface area contributed by atoms with Crippen molar-refractivity contribution in [3.63, 3.8) is 0 Å². The molecule has 3 nitrogen and oxygen atoms in total. The predicted octanol–water partition coefficient (Wildman–Crippen LogP) is 4.79. The molecule has 0 aliphatic rings. The number of hydrogen-bond acceptors (Lipinski definition) is 3. The van der Waals surface area contributed by atoms with Crippen molar-refractivity contribution in [2.24, 2.45) is 5.92 Å². The second-order valence-corrected chi connectivity index (χ2v) is 5.88. The van der Waals surface area contributed by atoms with E-state index in [9.17, 15) is 8.78 Å². The number of benzene rings is 1. The lowest BCUT2D eigenvalue weighted by Gasteiger charge is -2.24. The lowest BCUT2D eigenvalue weighted by atomic mass is 10.0. The highest BCUT2D eigenvalue weighted by Crippen LogP contribution is 2.38. The Labute approximate surface area is 130 Å². The Kier molecular flexibility index (Phi) is 6.99. The second kappa shape index (κ2) is 8.00. The number of methoxy groups -OCH3 is 1. The Bertz CT molecular complexity index is 447. The zero-order chi connectivity index (χ0) is 15.3. The molecule has 0 bridgehead atoms. The van der Waals surface area contributed by atoms with Crippen LogP contribution < -0.4 is 10.1 Å². The van der Waals surface area contributed by atoms with Gasteiger partial charge in [0.15, 0.2) is 5.75 Å². The van der Waals surface area contributed by atoms with Gasteiger partial charge in [0.2, 0.25) is 0 Å². The van der Waals surface area contributed by atoms with Crippen molar-refractivity contribution in [3.05, 3.63) is 21.6 Å². The highest BCUT2D eigenvalue weighted by Gasteiger charge is 2.19. The fourth-order valence-electron chi connectivity index (χ4n) is 1.66. The van der Waals surface area contributed by atoms with Crippen molar-refractivity contribution < 1.29 is 18.3 Å². The summed E-state index contributed by atoms with van der Waals surface area (Å²) < 4.78 is 35.0. The van der Waals surface area contributed by atoms with Crippen LogP contribution in [0.4, 0.5) is 14.5 Å². The fourth-order valence-corrected chi connectivity index (χ4v) is 2.56. The normalized spacial score (nSPS) is 12.8. The average Bonchev–Trinajstić information content (AvgIpc) is 2.32. The molecule has 1 aromatic rings. The van der Waals surface area contributed by atoms with Crippen molar-refractivity contribution >= 4 is 33.2 Å². The van der Waals surface area contributed by atoms with E-state index in [0.717, 1.165) is 0 Å². The lowest BCUT2D eigenvalue weighted by Crippen LogP contribution is -2.30. The molecule has 0 radical (unpaired) electrons.